The van der Waals surface area contributed by atoms with E-state index in [4.69, 9.17) is 4.42 Å². The third kappa shape index (κ3) is 3.45. The van der Waals surface area contributed by atoms with E-state index in [2.05, 4.69) is 24.5 Å². The predicted octanol–water partition coefficient (Wildman–Crippen LogP) is 3.20. The van der Waals surface area contributed by atoms with Crippen molar-refractivity contribution < 1.29 is 9.21 Å². The second-order valence-corrected chi connectivity index (χ2v) is 4.37. The van der Waals surface area contributed by atoms with Crippen molar-refractivity contribution in [2.24, 2.45) is 0 Å². The van der Waals surface area contributed by atoms with Crippen LogP contribution in [0, 0.1) is 0 Å². The summed E-state index contributed by atoms with van der Waals surface area (Å²) in [5.41, 5.74) is 2.49. The zero-order valence-corrected chi connectivity index (χ0v) is 11.1. The van der Waals surface area contributed by atoms with Crippen LogP contribution in [0.5, 0.6) is 0 Å². The van der Waals surface area contributed by atoms with Gasteiger partial charge in [-0.1, -0.05) is 19.1 Å². The van der Waals surface area contributed by atoms with E-state index in [0.29, 0.717) is 11.6 Å². The highest BCUT2D eigenvalue weighted by molar-refractivity contribution is 6.03. The number of amides is 1. The lowest BCUT2D eigenvalue weighted by atomic mass is 10.1. The van der Waals surface area contributed by atoms with Crippen molar-refractivity contribution in [3.63, 3.8) is 0 Å². The van der Waals surface area contributed by atoms with Gasteiger partial charge < -0.3 is 15.1 Å². The summed E-state index contributed by atoms with van der Waals surface area (Å²) in [6.45, 7) is 5.12. The zero-order chi connectivity index (χ0) is 13.7. The monoisotopic (exact) mass is 258 g/mol. The van der Waals surface area contributed by atoms with Crippen LogP contribution in [0.3, 0.4) is 0 Å². The molecule has 0 aliphatic rings. The second kappa shape index (κ2) is 6.20. The molecule has 2 rings (SSSR count). The Morgan fingerprint density at radius 2 is 2.00 bits per heavy atom. The van der Waals surface area contributed by atoms with Crippen LogP contribution >= 0.6 is 0 Å². The van der Waals surface area contributed by atoms with Gasteiger partial charge in [0.2, 0.25) is 0 Å². The van der Waals surface area contributed by atoms with E-state index < -0.39 is 0 Å². The molecule has 4 nitrogen and oxygen atoms in total. The molecule has 0 bridgehead atoms. The molecule has 4 heteroatoms. The van der Waals surface area contributed by atoms with E-state index in [0.717, 1.165) is 12.2 Å². The summed E-state index contributed by atoms with van der Waals surface area (Å²) in [6.07, 6.45) is 2.91. The van der Waals surface area contributed by atoms with Gasteiger partial charge in [-0.2, -0.15) is 0 Å². The van der Waals surface area contributed by atoms with Crippen LogP contribution in [0.15, 0.2) is 47.3 Å². The number of rotatable bonds is 5. The smallest absolute Gasteiger partial charge is 0.258 e. The lowest BCUT2D eigenvalue weighted by Gasteiger charge is -2.13. The number of nitrogens with one attached hydrogen (secondary N) is 2. The first-order chi connectivity index (χ1) is 9.20. The lowest BCUT2D eigenvalue weighted by molar-refractivity contribution is 0.102. The minimum absolute atomic E-state index is 0.166. The molecule has 0 spiro atoms. The lowest BCUT2D eigenvalue weighted by Crippen LogP contribution is -2.17. The topological polar surface area (TPSA) is 54.3 Å². The fraction of sp³-hybridized carbons (Fsp3) is 0.267. The molecule has 2 N–H and O–H groups in total. The first-order valence-electron chi connectivity index (χ1n) is 6.37. The zero-order valence-electron chi connectivity index (χ0n) is 11.1. The van der Waals surface area contributed by atoms with Crippen LogP contribution < -0.4 is 10.6 Å². The highest BCUT2D eigenvalue weighted by Crippen LogP contribution is 2.16. The molecule has 1 aromatic carbocycles. The largest absolute Gasteiger partial charge is 0.472 e. The Balaban J connectivity index is 2.01. The molecule has 1 unspecified atom stereocenters. The Kier molecular flexibility index (Phi) is 4.36. The highest BCUT2D eigenvalue weighted by atomic mass is 16.3. The first-order valence-corrected chi connectivity index (χ1v) is 6.37. The molecule has 0 fully saturated rings. The molecule has 0 saturated carbocycles. The number of anilines is 1. The summed E-state index contributed by atoms with van der Waals surface area (Å²) in [4.78, 5) is 11.8. The highest BCUT2D eigenvalue weighted by Gasteiger charge is 2.08. The van der Waals surface area contributed by atoms with Crippen LogP contribution in [0.2, 0.25) is 0 Å². The maximum Gasteiger partial charge on any atom is 0.258 e. The molecule has 19 heavy (non-hydrogen) atoms. The van der Waals surface area contributed by atoms with Crippen molar-refractivity contribution in [3.8, 4) is 0 Å². The van der Waals surface area contributed by atoms with Crippen molar-refractivity contribution in [1.29, 1.82) is 0 Å². The van der Waals surface area contributed by atoms with Crippen LogP contribution in [0.4, 0.5) is 5.69 Å². The first kappa shape index (κ1) is 13.4. The van der Waals surface area contributed by atoms with Gasteiger partial charge >= 0.3 is 0 Å². The minimum Gasteiger partial charge on any atom is -0.472 e. The van der Waals surface area contributed by atoms with Gasteiger partial charge in [-0.05, 0) is 37.2 Å². The number of hydrogen-bond acceptors (Lipinski definition) is 3. The number of carbonyl (C=O) groups is 1. The number of carbonyl (C=O) groups excluding carboxylic acids is 1. The Hall–Kier alpha value is -2.07. The van der Waals surface area contributed by atoms with Gasteiger partial charge in [0.15, 0.2) is 0 Å². The average molecular weight is 258 g/mol. The maximum absolute atomic E-state index is 11.8. The van der Waals surface area contributed by atoms with Gasteiger partial charge in [0.25, 0.3) is 5.91 Å². The van der Waals surface area contributed by atoms with Crippen LogP contribution in [-0.2, 0) is 0 Å². The van der Waals surface area contributed by atoms with E-state index in [-0.39, 0.29) is 5.91 Å². The standard InChI is InChI=1S/C15H18N2O2/c1-3-16-11(2)12-4-6-14(7-5-12)17-15(18)13-8-9-19-10-13/h4-11,16H,3H2,1-2H3,(H,17,18). The quantitative estimate of drug-likeness (QED) is 0.866. The van der Waals surface area contributed by atoms with Crippen LogP contribution in [0.25, 0.3) is 0 Å². The van der Waals surface area contributed by atoms with E-state index in [1.54, 1.807) is 6.07 Å². The summed E-state index contributed by atoms with van der Waals surface area (Å²) in [5, 5.41) is 6.17. The van der Waals surface area contributed by atoms with Crippen molar-refractivity contribution in [1.82, 2.24) is 5.32 Å². The second-order valence-electron chi connectivity index (χ2n) is 4.37. The van der Waals surface area contributed by atoms with Gasteiger partial charge in [0.1, 0.15) is 6.26 Å². The molecule has 1 aromatic heterocycles. The molecule has 100 valence electrons. The van der Waals surface area contributed by atoms with E-state index in [9.17, 15) is 4.79 Å². The Labute approximate surface area is 112 Å². The SMILES string of the molecule is CCNC(C)c1ccc(NC(=O)c2ccoc2)cc1. The summed E-state index contributed by atoms with van der Waals surface area (Å²) in [7, 11) is 0. The summed E-state index contributed by atoms with van der Waals surface area (Å²) < 4.78 is 4.88. The third-order valence-electron chi connectivity index (χ3n) is 2.96. The molecule has 1 heterocycles. The van der Waals surface area contributed by atoms with Gasteiger partial charge in [-0.15, -0.1) is 0 Å². The molecule has 2 aromatic rings. The van der Waals surface area contributed by atoms with Crippen molar-refractivity contribution in [2.75, 3.05) is 11.9 Å². The van der Waals surface area contributed by atoms with E-state index in [1.807, 2.05) is 24.3 Å². The van der Waals surface area contributed by atoms with Crippen LogP contribution in [0.1, 0.15) is 35.8 Å². The molecule has 1 amide bonds. The molecule has 0 radical (unpaired) electrons. The van der Waals surface area contributed by atoms with Gasteiger partial charge in [0, 0.05) is 11.7 Å². The van der Waals surface area contributed by atoms with Gasteiger partial charge in [-0.3, -0.25) is 4.79 Å². The van der Waals surface area contributed by atoms with Gasteiger partial charge in [0.05, 0.1) is 11.8 Å². The van der Waals surface area contributed by atoms with Crippen molar-refractivity contribution in [2.45, 2.75) is 19.9 Å². The van der Waals surface area contributed by atoms with Crippen LogP contribution in [-0.4, -0.2) is 12.5 Å². The van der Waals surface area contributed by atoms with Crippen molar-refractivity contribution in [3.05, 3.63) is 54.0 Å². The molecule has 1 atom stereocenters. The summed E-state index contributed by atoms with van der Waals surface area (Å²) in [5.74, 6) is -0.166. The summed E-state index contributed by atoms with van der Waals surface area (Å²) in [6, 6.07) is 9.78. The normalized spacial score (nSPS) is 12.1. The Bertz CT molecular complexity index is 518. The molecular formula is C15H18N2O2. The van der Waals surface area contributed by atoms with Crippen molar-refractivity contribution >= 4 is 11.6 Å². The minimum atomic E-state index is -0.166. The van der Waals surface area contributed by atoms with Gasteiger partial charge in [-0.25, -0.2) is 0 Å². The Morgan fingerprint density at radius 1 is 1.26 bits per heavy atom. The Morgan fingerprint density at radius 3 is 2.58 bits per heavy atom. The predicted molar refractivity (Wildman–Crippen MR) is 75.2 cm³/mol. The van der Waals surface area contributed by atoms with E-state index in [1.165, 1.54) is 18.1 Å². The average Bonchev–Trinajstić information content (AvgIpc) is 2.94. The van der Waals surface area contributed by atoms with E-state index >= 15 is 0 Å². The molecule has 0 aliphatic carbocycles. The third-order valence-corrected chi connectivity index (χ3v) is 2.96. The molecular weight excluding hydrogens is 240 g/mol. The fourth-order valence-electron chi connectivity index (χ4n) is 1.88. The molecule has 0 saturated heterocycles. The molecule has 0 aliphatic heterocycles. The number of furan rings is 1. The number of benzene rings is 1. The number of hydrogen-bond donors (Lipinski definition) is 2. The fourth-order valence-corrected chi connectivity index (χ4v) is 1.88. The maximum atomic E-state index is 11.8. The summed E-state index contributed by atoms with van der Waals surface area (Å²) >= 11 is 0.